The molecule has 0 saturated heterocycles. The van der Waals surface area contributed by atoms with Crippen molar-refractivity contribution in [2.75, 3.05) is 13.1 Å². The summed E-state index contributed by atoms with van der Waals surface area (Å²) in [5, 5.41) is 3.49. The number of unbranched alkanes of at least 4 members (excludes halogenated alkanes) is 39. The molecule has 0 fully saturated rings. The van der Waals surface area contributed by atoms with E-state index in [4.69, 9.17) is 5.73 Å². The summed E-state index contributed by atoms with van der Waals surface area (Å²) in [4.78, 5) is 0. The number of nitrogens with two attached hydrogens (primary N) is 1. The zero-order chi connectivity index (χ0) is 34.0. The van der Waals surface area contributed by atoms with Gasteiger partial charge in [-0.1, -0.05) is 257 Å². The summed E-state index contributed by atoms with van der Waals surface area (Å²) in [6.45, 7) is 6.37. The lowest BCUT2D eigenvalue weighted by Crippen LogP contribution is -2.33. The Balaban J connectivity index is 3.05. The van der Waals surface area contributed by atoms with Crippen LogP contribution in [0.25, 0.3) is 0 Å². The van der Waals surface area contributed by atoms with E-state index in [9.17, 15) is 0 Å². The number of nitrogens with one attached hydrogen (secondary N) is 1. The highest BCUT2D eigenvalue weighted by atomic mass is 14.9. The van der Waals surface area contributed by atoms with E-state index >= 15 is 0 Å². The maximum atomic E-state index is 5.64. The summed E-state index contributed by atoms with van der Waals surface area (Å²) in [5.41, 5.74) is 5.64. The van der Waals surface area contributed by atoms with Gasteiger partial charge in [-0.15, -0.1) is 0 Å². The quantitative estimate of drug-likeness (QED) is 0.0638. The second-order valence-corrected chi connectivity index (χ2v) is 15.9. The van der Waals surface area contributed by atoms with Gasteiger partial charge < -0.3 is 11.1 Å². The van der Waals surface area contributed by atoms with E-state index < -0.39 is 0 Å². The molecule has 3 N–H and O–H groups in total. The van der Waals surface area contributed by atoms with Gasteiger partial charge in [0.2, 0.25) is 0 Å². The van der Waals surface area contributed by atoms with Crippen molar-refractivity contribution in [2.45, 2.75) is 277 Å². The van der Waals surface area contributed by atoms with Gasteiger partial charge >= 0.3 is 0 Å². The molecule has 2 heteroatoms. The first kappa shape index (κ1) is 46.9. The molecule has 0 aromatic heterocycles. The van der Waals surface area contributed by atoms with Crippen molar-refractivity contribution < 1.29 is 0 Å². The molecule has 0 heterocycles. The van der Waals surface area contributed by atoms with Crippen LogP contribution >= 0.6 is 0 Å². The van der Waals surface area contributed by atoms with Crippen molar-refractivity contribution in [1.29, 1.82) is 0 Å². The smallest absolute Gasteiger partial charge is 0.0161 e. The fourth-order valence-electron chi connectivity index (χ4n) is 7.35. The van der Waals surface area contributed by atoms with Gasteiger partial charge in [0, 0.05) is 12.6 Å². The highest BCUT2D eigenvalue weighted by Gasteiger charge is 1.99. The standard InChI is InChI=1S/C45H94N2/c1-3-4-5-6-7-8-9-10-11-12-13-14-15-16-17-18-19-20-21-22-23-24-25-26-27-28-29-30-31-32-33-34-35-36-37-38-39-40-41-42-43-47-45(2)44-46/h45,47H,3-44,46H2,1-2H3. The molecule has 0 bridgehead atoms. The largest absolute Gasteiger partial charge is 0.329 e. The Hall–Kier alpha value is -0.0800. The maximum Gasteiger partial charge on any atom is 0.0161 e. The molecule has 1 atom stereocenters. The van der Waals surface area contributed by atoms with Crippen molar-refractivity contribution in [3.8, 4) is 0 Å². The molecular weight excluding hydrogens is 569 g/mol. The lowest BCUT2D eigenvalue weighted by Gasteiger charge is -2.10. The maximum absolute atomic E-state index is 5.64. The fraction of sp³-hybridized carbons (Fsp3) is 1.00. The first-order valence-corrected chi connectivity index (χ1v) is 22.7. The normalized spacial score (nSPS) is 12.3. The van der Waals surface area contributed by atoms with Gasteiger partial charge in [0.25, 0.3) is 0 Å². The summed E-state index contributed by atoms with van der Waals surface area (Å²) >= 11 is 0. The monoisotopic (exact) mass is 663 g/mol. The Labute approximate surface area is 300 Å². The van der Waals surface area contributed by atoms with Gasteiger partial charge in [-0.25, -0.2) is 0 Å². The summed E-state index contributed by atoms with van der Waals surface area (Å²) in [7, 11) is 0. The van der Waals surface area contributed by atoms with E-state index in [2.05, 4.69) is 19.2 Å². The molecule has 0 amide bonds. The highest BCUT2D eigenvalue weighted by molar-refractivity contribution is 4.60. The van der Waals surface area contributed by atoms with Crippen LogP contribution in [0.15, 0.2) is 0 Å². The van der Waals surface area contributed by atoms with Gasteiger partial charge in [-0.05, 0) is 19.9 Å². The molecule has 0 spiro atoms. The van der Waals surface area contributed by atoms with E-state index in [0.29, 0.717) is 6.04 Å². The number of hydrogen-bond acceptors (Lipinski definition) is 2. The van der Waals surface area contributed by atoms with E-state index in [0.717, 1.165) is 13.1 Å². The zero-order valence-corrected chi connectivity index (χ0v) is 33.4. The van der Waals surface area contributed by atoms with E-state index in [1.165, 1.54) is 257 Å². The van der Waals surface area contributed by atoms with Gasteiger partial charge in [0.05, 0.1) is 0 Å². The highest BCUT2D eigenvalue weighted by Crippen LogP contribution is 2.17. The fourth-order valence-corrected chi connectivity index (χ4v) is 7.35. The van der Waals surface area contributed by atoms with Crippen molar-refractivity contribution >= 4 is 0 Å². The number of hydrogen-bond donors (Lipinski definition) is 2. The molecule has 0 aliphatic carbocycles. The molecule has 2 nitrogen and oxygen atoms in total. The Morgan fingerprint density at radius 1 is 0.298 bits per heavy atom. The van der Waals surface area contributed by atoms with Crippen molar-refractivity contribution in [2.24, 2.45) is 5.73 Å². The summed E-state index contributed by atoms with van der Waals surface area (Å²) in [6, 6.07) is 0.475. The van der Waals surface area contributed by atoms with Crippen LogP contribution in [-0.2, 0) is 0 Å². The Morgan fingerprint density at radius 2 is 0.468 bits per heavy atom. The van der Waals surface area contributed by atoms with Gasteiger partial charge in [-0.3, -0.25) is 0 Å². The lowest BCUT2D eigenvalue weighted by molar-refractivity contribution is 0.504. The molecule has 0 saturated carbocycles. The van der Waals surface area contributed by atoms with E-state index in [1.54, 1.807) is 0 Å². The third-order valence-corrected chi connectivity index (χ3v) is 10.9. The minimum Gasteiger partial charge on any atom is -0.329 e. The summed E-state index contributed by atoms with van der Waals surface area (Å²) in [6.07, 6.45) is 58.9. The van der Waals surface area contributed by atoms with Crippen LogP contribution < -0.4 is 11.1 Å². The Kier molecular flexibility index (Phi) is 43.9. The minimum atomic E-state index is 0.475. The van der Waals surface area contributed by atoms with Gasteiger partial charge in [0.1, 0.15) is 0 Å². The van der Waals surface area contributed by atoms with Gasteiger partial charge in [-0.2, -0.15) is 0 Å². The Bertz CT molecular complexity index is 520. The van der Waals surface area contributed by atoms with Crippen LogP contribution in [0.4, 0.5) is 0 Å². The molecular formula is C45H94N2. The first-order valence-electron chi connectivity index (χ1n) is 22.7. The van der Waals surface area contributed by atoms with Crippen LogP contribution in [0, 0.1) is 0 Å². The predicted octanol–water partition coefficient (Wildman–Crippen LogP) is 15.5. The van der Waals surface area contributed by atoms with Crippen LogP contribution in [0.5, 0.6) is 0 Å². The summed E-state index contributed by atoms with van der Waals surface area (Å²) in [5.74, 6) is 0. The molecule has 0 aromatic carbocycles. The SMILES string of the molecule is CCCCCCCCCCCCCCCCCCCCCCCCCCCCCCCCCCCCCCCCCCNC(C)CN. The number of rotatable bonds is 43. The average molecular weight is 663 g/mol. The third-order valence-electron chi connectivity index (χ3n) is 10.9. The molecule has 47 heavy (non-hydrogen) atoms. The summed E-state index contributed by atoms with van der Waals surface area (Å²) < 4.78 is 0. The second kappa shape index (κ2) is 43.9. The molecule has 1 unspecified atom stereocenters. The predicted molar refractivity (Wildman–Crippen MR) is 217 cm³/mol. The molecule has 0 aliphatic heterocycles. The topological polar surface area (TPSA) is 38.0 Å². The lowest BCUT2D eigenvalue weighted by atomic mass is 10.0. The van der Waals surface area contributed by atoms with Crippen molar-refractivity contribution in [3.05, 3.63) is 0 Å². The molecule has 284 valence electrons. The van der Waals surface area contributed by atoms with Gasteiger partial charge in [0.15, 0.2) is 0 Å². The minimum absolute atomic E-state index is 0.475. The molecule has 0 aromatic rings. The zero-order valence-electron chi connectivity index (χ0n) is 33.4. The van der Waals surface area contributed by atoms with Crippen LogP contribution in [-0.4, -0.2) is 19.1 Å². The van der Waals surface area contributed by atoms with Crippen molar-refractivity contribution in [1.82, 2.24) is 5.32 Å². The molecule has 0 radical (unpaired) electrons. The van der Waals surface area contributed by atoms with Crippen molar-refractivity contribution in [3.63, 3.8) is 0 Å². The second-order valence-electron chi connectivity index (χ2n) is 15.9. The molecule has 0 aliphatic rings. The van der Waals surface area contributed by atoms with Crippen LogP contribution in [0.3, 0.4) is 0 Å². The average Bonchev–Trinajstić information content (AvgIpc) is 3.08. The van der Waals surface area contributed by atoms with E-state index in [-0.39, 0.29) is 0 Å². The molecule has 0 rings (SSSR count). The third kappa shape index (κ3) is 43.9. The Morgan fingerprint density at radius 3 is 0.638 bits per heavy atom. The first-order chi connectivity index (χ1) is 23.3. The van der Waals surface area contributed by atoms with Crippen LogP contribution in [0.1, 0.15) is 271 Å². The van der Waals surface area contributed by atoms with Crippen LogP contribution in [0.2, 0.25) is 0 Å². The van der Waals surface area contributed by atoms with E-state index in [1.807, 2.05) is 0 Å².